The van der Waals surface area contributed by atoms with E-state index in [1.807, 2.05) is 18.2 Å². The number of benzene rings is 9. The number of aromatic nitrogens is 4. The first-order valence-corrected chi connectivity index (χ1v) is 19.7. The average molecular weight is 731 g/mol. The Kier molecular flexibility index (Phi) is 6.76. The van der Waals surface area contributed by atoms with Gasteiger partial charge in [0.1, 0.15) is 0 Å². The number of hydrogen-bond acceptors (Lipinski definition) is 4. The molecule has 0 bridgehead atoms. The second-order valence-electron chi connectivity index (χ2n) is 14.4. The van der Waals surface area contributed by atoms with Crippen molar-refractivity contribution in [3.05, 3.63) is 182 Å². The fourth-order valence-electron chi connectivity index (χ4n) is 8.68. The molecule has 0 atom stereocenters. The van der Waals surface area contributed by atoms with E-state index in [-0.39, 0.29) is 0 Å². The highest BCUT2D eigenvalue weighted by Gasteiger charge is 2.21. The molecule has 56 heavy (non-hydrogen) atoms. The van der Waals surface area contributed by atoms with Crippen molar-refractivity contribution in [3.8, 4) is 39.9 Å². The molecule has 0 saturated heterocycles. The van der Waals surface area contributed by atoms with Crippen molar-refractivity contribution in [1.82, 2.24) is 19.5 Å². The van der Waals surface area contributed by atoms with Gasteiger partial charge in [0.2, 0.25) is 0 Å². The van der Waals surface area contributed by atoms with Crippen LogP contribution in [-0.2, 0) is 0 Å². The Bertz CT molecular complexity index is 3540. The summed E-state index contributed by atoms with van der Waals surface area (Å²) in [6.07, 6.45) is 0. The SMILES string of the molecule is c1ccc(-c2nc(-c3ccc4c(c3)sc3ccccc34)nc(-c3ccc(-n4c5ccc6ccccc6c5c5ccc6ccccc6c54)c4ccccc34)n2)cc1. The fourth-order valence-corrected chi connectivity index (χ4v) is 9.82. The minimum Gasteiger partial charge on any atom is -0.308 e. The third-order valence-corrected chi connectivity index (χ3v) is 12.4. The number of nitrogens with zero attached hydrogens (tertiary/aromatic N) is 4. The van der Waals surface area contributed by atoms with Crippen LogP contribution >= 0.6 is 11.3 Å². The summed E-state index contributed by atoms with van der Waals surface area (Å²) in [5, 5.41) is 12.2. The predicted molar refractivity (Wildman–Crippen MR) is 236 cm³/mol. The molecular weight excluding hydrogens is 701 g/mol. The Morgan fingerprint density at radius 2 is 0.982 bits per heavy atom. The zero-order chi connectivity index (χ0) is 36.7. The summed E-state index contributed by atoms with van der Waals surface area (Å²) in [5.74, 6) is 1.95. The zero-order valence-corrected chi connectivity index (χ0v) is 30.8. The summed E-state index contributed by atoms with van der Waals surface area (Å²) >= 11 is 1.80. The molecule has 260 valence electrons. The van der Waals surface area contributed by atoms with Crippen molar-refractivity contribution in [2.24, 2.45) is 0 Å². The standard InChI is InChI=1S/C51H30N4S/c1-2-14-33(15-3-1)49-52-50(34-23-25-40-39-20-10-11-21-45(39)56-46(40)30-34)54-51(53-49)41-27-29-43(38-19-9-8-18-37(38)41)55-44-28-24-31-12-4-6-16-35(31)47(44)42-26-22-32-13-5-7-17-36(32)48(42)55/h1-30H. The van der Waals surface area contributed by atoms with Crippen molar-refractivity contribution in [2.75, 3.05) is 0 Å². The van der Waals surface area contributed by atoms with E-state index in [4.69, 9.17) is 15.0 Å². The molecule has 0 unspecified atom stereocenters. The molecule has 0 spiro atoms. The van der Waals surface area contributed by atoms with Crippen LogP contribution in [0.4, 0.5) is 0 Å². The van der Waals surface area contributed by atoms with E-state index in [0.717, 1.165) is 33.2 Å². The molecule has 0 N–H and O–H groups in total. The molecule has 12 aromatic rings. The molecule has 0 amide bonds. The summed E-state index contributed by atoms with van der Waals surface area (Å²) in [4.78, 5) is 15.5. The molecule has 9 aromatic carbocycles. The first kappa shape index (κ1) is 31.2. The van der Waals surface area contributed by atoms with Crippen molar-refractivity contribution in [3.63, 3.8) is 0 Å². The second-order valence-corrected chi connectivity index (χ2v) is 15.4. The first-order valence-electron chi connectivity index (χ1n) is 18.9. The van der Waals surface area contributed by atoms with E-state index < -0.39 is 0 Å². The highest BCUT2D eigenvalue weighted by molar-refractivity contribution is 7.25. The molecule has 0 aliphatic carbocycles. The van der Waals surface area contributed by atoms with Crippen LogP contribution in [0.25, 0.3) is 114 Å². The van der Waals surface area contributed by atoms with Gasteiger partial charge in [0, 0.05) is 58.4 Å². The monoisotopic (exact) mass is 730 g/mol. The topological polar surface area (TPSA) is 43.6 Å². The lowest BCUT2D eigenvalue weighted by molar-refractivity contribution is 1.08. The third-order valence-electron chi connectivity index (χ3n) is 11.2. The summed E-state index contributed by atoms with van der Waals surface area (Å²) in [5.41, 5.74) is 6.38. The van der Waals surface area contributed by atoms with Crippen molar-refractivity contribution in [2.45, 2.75) is 0 Å². The first-order chi connectivity index (χ1) is 27.8. The van der Waals surface area contributed by atoms with Gasteiger partial charge in [-0.25, -0.2) is 15.0 Å². The zero-order valence-electron chi connectivity index (χ0n) is 30.0. The predicted octanol–water partition coefficient (Wildman–Crippen LogP) is 13.8. The summed E-state index contributed by atoms with van der Waals surface area (Å²) in [7, 11) is 0. The van der Waals surface area contributed by atoms with E-state index in [0.29, 0.717) is 17.5 Å². The Labute approximate surface area is 325 Å². The van der Waals surface area contributed by atoms with Gasteiger partial charge in [-0.2, -0.15) is 0 Å². The Balaban J connectivity index is 1.12. The minimum atomic E-state index is 0.645. The third kappa shape index (κ3) is 4.68. The molecular formula is C51H30N4S. The fraction of sp³-hybridized carbons (Fsp3) is 0. The van der Waals surface area contributed by atoms with Crippen molar-refractivity contribution >= 4 is 85.6 Å². The lowest BCUT2D eigenvalue weighted by atomic mass is 10.0. The molecule has 4 nitrogen and oxygen atoms in total. The van der Waals surface area contributed by atoms with Crippen molar-refractivity contribution < 1.29 is 0 Å². The van der Waals surface area contributed by atoms with Gasteiger partial charge in [-0.3, -0.25) is 0 Å². The van der Waals surface area contributed by atoms with E-state index in [1.165, 1.54) is 63.5 Å². The van der Waals surface area contributed by atoms with Gasteiger partial charge in [-0.1, -0.05) is 152 Å². The van der Waals surface area contributed by atoms with Gasteiger partial charge in [-0.15, -0.1) is 11.3 Å². The molecule has 0 aliphatic heterocycles. The van der Waals surface area contributed by atoms with Crippen LogP contribution in [0.2, 0.25) is 0 Å². The van der Waals surface area contributed by atoms with E-state index in [1.54, 1.807) is 11.3 Å². The number of rotatable bonds is 4. The Morgan fingerprint density at radius 1 is 0.375 bits per heavy atom. The summed E-state index contributed by atoms with van der Waals surface area (Å²) < 4.78 is 4.96. The van der Waals surface area contributed by atoms with Crippen molar-refractivity contribution in [1.29, 1.82) is 0 Å². The largest absolute Gasteiger partial charge is 0.308 e. The molecule has 3 aromatic heterocycles. The van der Waals surface area contributed by atoms with Crippen LogP contribution < -0.4 is 0 Å². The van der Waals surface area contributed by atoms with Gasteiger partial charge in [-0.05, 0) is 51.9 Å². The number of hydrogen-bond donors (Lipinski definition) is 0. The quantitative estimate of drug-likeness (QED) is 0.181. The molecule has 5 heteroatoms. The number of thiophene rings is 1. The maximum absolute atomic E-state index is 5.25. The van der Waals surface area contributed by atoms with Gasteiger partial charge in [0.15, 0.2) is 17.5 Å². The van der Waals surface area contributed by atoms with Gasteiger partial charge in [0.05, 0.1) is 16.7 Å². The van der Waals surface area contributed by atoms with Crippen LogP contribution in [0.3, 0.4) is 0 Å². The van der Waals surface area contributed by atoms with Crippen LogP contribution in [0, 0.1) is 0 Å². The average Bonchev–Trinajstić information content (AvgIpc) is 3.82. The smallest absolute Gasteiger partial charge is 0.164 e. The van der Waals surface area contributed by atoms with E-state index in [2.05, 4.69) is 168 Å². The normalized spacial score (nSPS) is 11.9. The second kappa shape index (κ2) is 12.2. The summed E-state index contributed by atoms with van der Waals surface area (Å²) in [6.45, 7) is 0. The van der Waals surface area contributed by atoms with Gasteiger partial charge >= 0.3 is 0 Å². The molecule has 12 rings (SSSR count). The maximum Gasteiger partial charge on any atom is 0.164 e. The molecule has 0 aliphatic rings. The summed E-state index contributed by atoms with van der Waals surface area (Å²) in [6, 6.07) is 65.0. The van der Waals surface area contributed by atoms with Crippen LogP contribution in [0.15, 0.2) is 182 Å². The Morgan fingerprint density at radius 3 is 1.82 bits per heavy atom. The molecule has 0 saturated carbocycles. The van der Waals surface area contributed by atoms with Crippen LogP contribution in [0.5, 0.6) is 0 Å². The minimum absolute atomic E-state index is 0.645. The van der Waals surface area contributed by atoms with E-state index >= 15 is 0 Å². The number of fused-ring (bicyclic) bond motifs is 11. The van der Waals surface area contributed by atoms with Gasteiger partial charge < -0.3 is 4.57 Å². The maximum atomic E-state index is 5.25. The highest BCUT2D eigenvalue weighted by Crippen LogP contribution is 2.43. The Hall–Kier alpha value is -7.21. The van der Waals surface area contributed by atoms with E-state index in [9.17, 15) is 0 Å². The molecule has 0 radical (unpaired) electrons. The van der Waals surface area contributed by atoms with Crippen LogP contribution in [-0.4, -0.2) is 19.5 Å². The lowest BCUT2D eigenvalue weighted by Crippen LogP contribution is -2.02. The van der Waals surface area contributed by atoms with Gasteiger partial charge in [0.25, 0.3) is 0 Å². The molecule has 0 fully saturated rings. The van der Waals surface area contributed by atoms with Crippen LogP contribution in [0.1, 0.15) is 0 Å². The highest BCUT2D eigenvalue weighted by atomic mass is 32.1. The lowest BCUT2D eigenvalue weighted by Gasteiger charge is -2.16. The molecule has 3 heterocycles.